The molecule has 1 nitrogen and oxygen atoms in total. The van der Waals surface area contributed by atoms with Crippen molar-refractivity contribution in [2.24, 2.45) is 0 Å². The van der Waals surface area contributed by atoms with Crippen molar-refractivity contribution in [2.45, 2.75) is 6.92 Å². The Hall–Kier alpha value is -1.51. The number of anilines is 2. The number of hydrogen-bond donors (Lipinski definition) is 1. The van der Waals surface area contributed by atoms with Crippen LogP contribution >= 0.6 is 23.2 Å². The average Bonchev–Trinajstić information content (AvgIpc) is 2.41. The maximum Gasteiger partial charge on any atom is 0.123 e. The van der Waals surface area contributed by atoms with E-state index in [1.54, 1.807) is 12.1 Å². The second-order valence-corrected chi connectivity index (χ2v) is 5.01. The van der Waals surface area contributed by atoms with Crippen LogP contribution in [0.1, 0.15) is 12.5 Å². The third-order valence-corrected chi connectivity index (χ3v) is 3.30. The fourth-order valence-corrected chi connectivity index (χ4v) is 1.91. The van der Waals surface area contributed by atoms with E-state index in [1.165, 1.54) is 12.1 Å². The van der Waals surface area contributed by atoms with Crippen LogP contribution in [-0.2, 0) is 0 Å². The molecule has 4 heteroatoms. The van der Waals surface area contributed by atoms with Gasteiger partial charge in [-0.1, -0.05) is 41.4 Å². The van der Waals surface area contributed by atoms with Gasteiger partial charge in [0.2, 0.25) is 0 Å². The highest BCUT2D eigenvalue weighted by atomic mass is 35.5. The van der Waals surface area contributed by atoms with Gasteiger partial charge in [-0.2, -0.15) is 0 Å². The van der Waals surface area contributed by atoms with Crippen LogP contribution in [0, 0.1) is 5.82 Å². The Morgan fingerprint density at radius 2 is 1.63 bits per heavy atom. The van der Waals surface area contributed by atoms with Gasteiger partial charge in [0, 0.05) is 16.9 Å². The van der Waals surface area contributed by atoms with Gasteiger partial charge in [-0.25, -0.2) is 4.39 Å². The van der Waals surface area contributed by atoms with Crippen molar-refractivity contribution in [3.63, 3.8) is 0 Å². The number of halogens is 3. The SMILES string of the molecule is CC(=C(Cl)Cl)c1ccccc1Nc1ccc(F)cc1. The van der Waals surface area contributed by atoms with E-state index in [0.717, 1.165) is 22.5 Å². The molecule has 0 heterocycles. The topological polar surface area (TPSA) is 12.0 Å². The highest BCUT2D eigenvalue weighted by Crippen LogP contribution is 2.31. The van der Waals surface area contributed by atoms with E-state index in [9.17, 15) is 4.39 Å². The molecule has 0 saturated heterocycles. The summed E-state index contributed by atoms with van der Waals surface area (Å²) in [5.41, 5.74) is 3.36. The van der Waals surface area contributed by atoms with Crippen molar-refractivity contribution in [3.05, 3.63) is 64.4 Å². The second-order valence-electron chi connectivity index (χ2n) is 4.06. The Bertz CT molecular complexity index is 602. The third kappa shape index (κ3) is 3.49. The summed E-state index contributed by atoms with van der Waals surface area (Å²) in [5, 5.41) is 3.22. The number of rotatable bonds is 3. The van der Waals surface area contributed by atoms with Crippen LogP contribution in [0.2, 0.25) is 0 Å². The maximum absolute atomic E-state index is 12.9. The lowest BCUT2D eigenvalue weighted by molar-refractivity contribution is 0.628. The molecule has 0 aliphatic carbocycles. The van der Waals surface area contributed by atoms with Crippen molar-refractivity contribution in [2.75, 3.05) is 5.32 Å². The fourth-order valence-electron chi connectivity index (χ4n) is 1.71. The Morgan fingerprint density at radius 1 is 1.00 bits per heavy atom. The summed E-state index contributed by atoms with van der Waals surface area (Å²) in [5.74, 6) is -0.265. The van der Waals surface area contributed by atoms with E-state index in [-0.39, 0.29) is 10.3 Å². The van der Waals surface area contributed by atoms with Gasteiger partial charge in [0.1, 0.15) is 10.3 Å². The van der Waals surface area contributed by atoms with E-state index in [1.807, 2.05) is 31.2 Å². The predicted octanol–water partition coefficient (Wildman–Crippen LogP) is 5.74. The Balaban J connectivity index is 2.36. The van der Waals surface area contributed by atoms with Crippen LogP contribution < -0.4 is 5.32 Å². The molecule has 1 N–H and O–H groups in total. The summed E-state index contributed by atoms with van der Waals surface area (Å²) in [6, 6.07) is 13.8. The van der Waals surface area contributed by atoms with Crippen molar-refractivity contribution < 1.29 is 4.39 Å². The van der Waals surface area contributed by atoms with E-state index < -0.39 is 0 Å². The molecule has 0 bridgehead atoms. The monoisotopic (exact) mass is 295 g/mol. The molecule has 0 saturated carbocycles. The van der Waals surface area contributed by atoms with Gasteiger partial charge in [-0.15, -0.1) is 0 Å². The first kappa shape index (κ1) is 13.9. The zero-order valence-electron chi connectivity index (χ0n) is 10.3. The van der Waals surface area contributed by atoms with Crippen molar-refractivity contribution in [1.29, 1.82) is 0 Å². The first-order valence-corrected chi connectivity index (χ1v) is 6.47. The van der Waals surface area contributed by atoms with Gasteiger partial charge < -0.3 is 5.32 Å². The Labute approximate surface area is 121 Å². The standard InChI is InChI=1S/C15H12Cl2FN/c1-10(15(16)17)13-4-2-3-5-14(13)19-12-8-6-11(18)7-9-12/h2-9,19H,1H3. The zero-order chi connectivity index (χ0) is 13.8. The minimum Gasteiger partial charge on any atom is -0.355 e. The lowest BCUT2D eigenvalue weighted by atomic mass is 10.1. The van der Waals surface area contributed by atoms with Crippen LogP contribution in [0.3, 0.4) is 0 Å². The van der Waals surface area contributed by atoms with E-state index in [2.05, 4.69) is 5.32 Å². The molecule has 2 aromatic carbocycles. The fraction of sp³-hybridized carbons (Fsp3) is 0.0667. The smallest absolute Gasteiger partial charge is 0.123 e. The second kappa shape index (κ2) is 6.09. The molecule has 0 aliphatic rings. The van der Waals surface area contributed by atoms with E-state index in [4.69, 9.17) is 23.2 Å². The lowest BCUT2D eigenvalue weighted by Gasteiger charge is -2.12. The maximum atomic E-state index is 12.9. The number of para-hydroxylation sites is 1. The summed E-state index contributed by atoms with van der Waals surface area (Å²) in [6.07, 6.45) is 0. The molecule has 0 unspecified atom stereocenters. The van der Waals surface area contributed by atoms with Crippen LogP contribution in [0.4, 0.5) is 15.8 Å². The first-order valence-electron chi connectivity index (χ1n) is 5.72. The average molecular weight is 296 g/mol. The molecule has 2 aromatic rings. The van der Waals surface area contributed by atoms with E-state index >= 15 is 0 Å². The van der Waals surface area contributed by atoms with Gasteiger partial charge in [0.15, 0.2) is 0 Å². The van der Waals surface area contributed by atoms with Gasteiger partial charge in [-0.3, -0.25) is 0 Å². The summed E-state index contributed by atoms with van der Waals surface area (Å²) in [4.78, 5) is 0. The molecule has 0 aromatic heterocycles. The molecule has 0 amide bonds. The number of hydrogen-bond acceptors (Lipinski definition) is 1. The highest BCUT2D eigenvalue weighted by Gasteiger charge is 2.07. The summed E-state index contributed by atoms with van der Waals surface area (Å²) < 4.78 is 13.1. The van der Waals surface area contributed by atoms with Crippen LogP contribution in [-0.4, -0.2) is 0 Å². The van der Waals surface area contributed by atoms with Crippen LogP contribution in [0.15, 0.2) is 53.0 Å². The molecular formula is C15H12Cl2FN. The minimum atomic E-state index is -0.265. The molecule has 0 fully saturated rings. The third-order valence-electron chi connectivity index (χ3n) is 2.74. The molecule has 0 aliphatic heterocycles. The van der Waals surface area contributed by atoms with Gasteiger partial charge in [0.25, 0.3) is 0 Å². The molecular weight excluding hydrogens is 284 g/mol. The van der Waals surface area contributed by atoms with E-state index in [0.29, 0.717) is 0 Å². The molecule has 19 heavy (non-hydrogen) atoms. The number of benzene rings is 2. The summed E-state index contributed by atoms with van der Waals surface area (Å²) >= 11 is 11.7. The normalized spacial score (nSPS) is 10.1. The zero-order valence-corrected chi connectivity index (χ0v) is 11.8. The lowest BCUT2D eigenvalue weighted by Crippen LogP contribution is -1.95. The van der Waals surface area contributed by atoms with Gasteiger partial charge >= 0.3 is 0 Å². The highest BCUT2D eigenvalue weighted by molar-refractivity contribution is 6.58. The van der Waals surface area contributed by atoms with Crippen LogP contribution in [0.5, 0.6) is 0 Å². The summed E-state index contributed by atoms with van der Waals surface area (Å²) in [6.45, 7) is 1.85. The predicted molar refractivity (Wildman–Crippen MR) is 80.4 cm³/mol. The quantitative estimate of drug-likeness (QED) is 0.762. The Morgan fingerprint density at radius 3 is 2.26 bits per heavy atom. The molecule has 98 valence electrons. The molecule has 0 radical (unpaired) electrons. The summed E-state index contributed by atoms with van der Waals surface area (Å²) in [7, 11) is 0. The number of allylic oxidation sites excluding steroid dienone is 1. The van der Waals surface area contributed by atoms with Crippen LogP contribution in [0.25, 0.3) is 5.57 Å². The van der Waals surface area contributed by atoms with Crippen molar-refractivity contribution >= 4 is 40.1 Å². The first-order chi connectivity index (χ1) is 9.08. The largest absolute Gasteiger partial charge is 0.355 e. The molecule has 0 atom stereocenters. The molecule has 2 rings (SSSR count). The molecule has 0 spiro atoms. The number of nitrogens with one attached hydrogen (secondary N) is 1. The van der Waals surface area contributed by atoms with Crippen molar-refractivity contribution in [1.82, 2.24) is 0 Å². The van der Waals surface area contributed by atoms with Crippen molar-refractivity contribution in [3.8, 4) is 0 Å². The van der Waals surface area contributed by atoms with Gasteiger partial charge in [-0.05, 0) is 42.8 Å². The Kier molecular flexibility index (Phi) is 4.46. The van der Waals surface area contributed by atoms with Gasteiger partial charge in [0.05, 0.1) is 0 Å². The minimum absolute atomic E-state index is 0.230.